The van der Waals surface area contributed by atoms with E-state index >= 15 is 0 Å². The first kappa shape index (κ1) is 35.5. The van der Waals surface area contributed by atoms with E-state index in [-0.39, 0.29) is 5.92 Å². The van der Waals surface area contributed by atoms with E-state index in [9.17, 15) is 9.90 Å². The van der Waals surface area contributed by atoms with Crippen LogP contribution in [0.4, 0.5) is 0 Å². The van der Waals surface area contributed by atoms with Crippen molar-refractivity contribution in [3.63, 3.8) is 0 Å². The van der Waals surface area contributed by atoms with Crippen molar-refractivity contribution in [1.29, 1.82) is 0 Å². The van der Waals surface area contributed by atoms with Crippen LogP contribution >= 0.6 is 0 Å². The van der Waals surface area contributed by atoms with Crippen LogP contribution in [0.5, 0.6) is 0 Å². The zero-order valence-electron chi connectivity index (χ0n) is 25.6. The van der Waals surface area contributed by atoms with Gasteiger partial charge in [-0.1, -0.05) is 169 Å². The largest absolute Gasteiger partial charge is 0.481 e. The molecule has 3 atom stereocenters. The van der Waals surface area contributed by atoms with E-state index in [4.69, 9.17) is 0 Å². The van der Waals surface area contributed by atoms with Gasteiger partial charge in [0.15, 0.2) is 0 Å². The molecule has 0 saturated heterocycles. The maximum atomic E-state index is 11.9. The van der Waals surface area contributed by atoms with E-state index in [1.54, 1.807) is 0 Å². The summed E-state index contributed by atoms with van der Waals surface area (Å²) in [5.41, 5.74) is 0. The highest BCUT2D eigenvalue weighted by Gasteiger charge is 2.22. The fourth-order valence-electron chi connectivity index (χ4n) is 5.82. The fourth-order valence-corrected chi connectivity index (χ4v) is 5.82. The predicted octanol–water partition coefficient (Wildman–Crippen LogP) is 12.0. The third-order valence-corrected chi connectivity index (χ3v) is 8.37. The van der Waals surface area contributed by atoms with Crippen molar-refractivity contribution in [2.24, 2.45) is 23.7 Å². The zero-order valence-corrected chi connectivity index (χ0v) is 25.6. The van der Waals surface area contributed by atoms with Crippen LogP contribution in [0.15, 0.2) is 0 Å². The molecule has 0 spiro atoms. The average molecular weight is 509 g/mol. The van der Waals surface area contributed by atoms with E-state index in [0.717, 1.165) is 25.2 Å². The van der Waals surface area contributed by atoms with Gasteiger partial charge in [0, 0.05) is 0 Å². The molecule has 0 aromatic rings. The molecule has 0 aliphatic carbocycles. The van der Waals surface area contributed by atoms with Gasteiger partial charge in [-0.3, -0.25) is 4.79 Å². The fraction of sp³-hybridized carbons (Fsp3) is 0.971. The lowest BCUT2D eigenvalue weighted by molar-refractivity contribution is -0.142. The molecule has 0 aromatic carbocycles. The zero-order chi connectivity index (χ0) is 26.9. The molecule has 36 heavy (non-hydrogen) atoms. The number of hydrogen-bond donors (Lipinski definition) is 1. The van der Waals surface area contributed by atoms with Crippen molar-refractivity contribution in [2.45, 2.75) is 189 Å². The van der Waals surface area contributed by atoms with Crippen molar-refractivity contribution < 1.29 is 9.90 Å². The number of rotatable bonds is 28. The number of unbranched alkanes of at least 4 members (excludes halogenated alkanes) is 14. The molecule has 0 bridgehead atoms. The van der Waals surface area contributed by atoms with Gasteiger partial charge in [-0.15, -0.1) is 0 Å². The molecule has 0 aliphatic heterocycles. The molecule has 0 heterocycles. The van der Waals surface area contributed by atoms with Crippen molar-refractivity contribution in [2.75, 3.05) is 0 Å². The van der Waals surface area contributed by atoms with E-state index < -0.39 is 5.97 Å². The molecule has 0 fully saturated rings. The summed E-state index contributed by atoms with van der Waals surface area (Å²) in [5, 5.41) is 9.76. The Balaban J connectivity index is 3.64. The third-order valence-electron chi connectivity index (χ3n) is 8.37. The first-order valence-electron chi connectivity index (χ1n) is 16.6. The van der Waals surface area contributed by atoms with Crippen LogP contribution in [0, 0.1) is 23.7 Å². The number of hydrogen-bond acceptors (Lipinski definition) is 1. The van der Waals surface area contributed by atoms with Gasteiger partial charge in [0.25, 0.3) is 0 Å². The highest BCUT2D eigenvalue weighted by atomic mass is 16.4. The van der Waals surface area contributed by atoms with Gasteiger partial charge in [0.2, 0.25) is 0 Å². The lowest BCUT2D eigenvalue weighted by Gasteiger charge is -2.22. The van der Waals surface area contributed by atoms with Crippen LogP contribution < -0.4 is 0 Å². The summed E-state index contributed by atoms with van der Waals surface area (Å²) in [4.78, 5) is 11.9. The molecule has 216 valence electrons. The molecular formula is C34H68O2. The summed E-state index contributed by atoms with van der Waals surface area (Å²) in [5.74, 6) is 1.46. The van der Waals surface area contributed by atoms with E-state index in [0.29, 0.717) is 11.8 Å². The number of carboxylic acids is 1. The van der Waals surface area contributed by atoms with Crippen molar-refractivity contribution in [3.8, 4) is 0 Å². The van der Waals surface area contributed by atoms with Gasteiger partial charge < -0.3 is 5.11 Å². The Morgan fingerprint density at radius 2 is 1.00 bits per heavy atom. The number of carboxylic acid groups (broad SMARTS) is 1. The van der Waals surface area contributed by atoms with Crippen LogP contribution in [0.3, 0.4) is 0 Å². The van der Waals surface area contributed by atoms with Crippen molar-refractivity contribution in [1.82, 2.24) is 0 Å². The smallest absolute Gasteiger partial charge is 0.306 e. The second-order valence-corrected chi connectivity index (χ2v) is 12.7. The summed E-state index contributed by atoms with van der Waals surface area (Å²) < 4.78 is 0. The summed E-state index contributed by atoms with van der Waals surface area (Å²) in [6, 6.07) is 0. The normalized spacial score (nSPS) is 14.3. The minimum absolute atomic E-state index is 0.129. The summed E-state index contributed by atoms with van der Waals surface area (Å²) >= 11 is 0. The maximum Gasteiger partial charge on any atom is 0.306 e. The lowest BCUT2D eigenvalue weighted by atomic mass is 9.83. The standard InChI is InChI=1S/C34H68O2/c1-6-8-26-32(23-7-2)29-33(34(35)36)28-27-31(5)25-22-20-18-16-14-12-10-9-11-13-15-17-19-21-24-30(3)4/h30-33H,6-29H2,1-5H3,(H,35,36). The Bertz CT molecular complexity index is 458. The summed E-state index contributed by atoms with van der Waals surface area (Å²) in [6.45, 7) is 11.5. The molecule has 0 saturated carbocycles. The maximum absolute atomic E-state index is 11.9. The van der Waals surface area contributed by atoms with E-state index in [1.807, 2.05) is 0 Å². The molecule has 2 heteroatoms. The molecule has 3 unspecified atom stereocenters. The van der Waals surface area contributed by atoms with Crippen LogP contribution in [-0.4, -0.2) is 11.1 Å². The minimum atomic E-state index is -0.558. The molecule has 0 radical (unpaired) electrons. The van der Waals surface area contributed by atoms with Gasteiger partial charge in [0.1, 0.15) is 0 Å². The monoisotopic (exact) mass is 509 g/mol. The highest BCUT2D eigenvalue weighted by Crippen LogP contribution is 2.28. The first-order chi connectivity index (χ1) is 17.4. The number of carbonyl (C=O) groups is 1. The Labute approximate surface area is 228 Å². The van der Waals surface area contributed by atoms with Crippen LogP contribution in [-0.2, 0) is 4.79 Å². The molecule has 0 aromatic heterocycles. The Hall–Kier alpha value is -0.530. The molecule has 2 nitrogen and oxygen atoms in total. The summed E-state index contributed by atoms with van der Waals surface area (Å²) in [6.07, 6.45) is 31.5. The summed E-state index contributed by atoms with van der Waals surface area (Å²) in [7, 11) is 0. The minimum Gasteiger partial charge on any atom is -0.481 e. The van der Waals surface area contributed by atoms with Gasteiger partial charge in [-0.25, -0.2) is 0 Å². The second-order valence-electron chi connectivity index (χ2n) is 12.7. The van der Waals surface area contributed by atoms with Gasteiger partial charge in [0.05, 0.1) is 5.92 Å². The quantitative estimate of drug-likeness (QED) is 0.107. The van der Waals surface area contributed by atoms with E-state index in [2.05, 4.69) is 34.6 Å². The van der Waals surface area contributed by atoms with Crippen LogP contribution in [0.1, 0.15) is 189 Å². The number of aliphatic carboxylic acids is 1. The molecule has 0 rings (SSSR count). The van der Waals surface area contributed by atoms with Gasteiger partial charge >= 0.3 is 5.97 Å². The molecular weight excluding hydrogens is 440 g/mol. The first-order valence-corrected chi connectivity index (χ1v) is 16.6. The highest BCUT2D eigenvalue weighted by molar-refractivity contribution is 5.69. The Morgan fingerprint density at radius 3 is 1.42 bits per heavy atom. The van der Waals surface area contributed by atoms with Gasteiger partial charge in [-0.2, -0.15) is 0 Å². The Morgan fingerprint density at radius 1 is 0.528 bits per heavy atom. The van der Waals surface area contributed by atoms with Crippen LogP contribution in [0.25, 0.3) is 0 Å². The molecule has 0 amide bonds. The SMILES string of the molecule is CCCCC(CCC)CC(CCC(C)CCCCCCCCCCCCCCCCC(C)C)C(=O)O. The van der Waals surface area contributed by atoms with Crippen molar-refractivity contribution >= 4 is 5.97 Å². The van der Waals surface area contributed by atoms with Crippen LogP contribution in [0.2, 0.25) is 0 Å². The molecule has 1 N–H and O–H groups in total. The second kappa shape index (κ2) is 26.1. The topological polar surface area (TPSA) is 37.3 Å². The van der Waals surface area contributed by atoms with E-state index in [1.165, 1.54) is 135 Å². The van der Waals surface area contributed by atoms with Crippen molar-refractivity contribution in [3.05, 3.63) is 0 Å². The average Bonchev–Trinajstić information content (AvgIpc) is 2.84. The predicted molar refractivity (Wildman–Crippen MR) is 161 cm³/mol. The lowest BCUT2D eigenvalue weighted by Crippen LogP contribution is -2.19. The Kier molecular flexibility index (Phi) is 25.7. The van der Waals surface area contributed by atoms with Gasteiger partial charge in [-0.05, 0) is 37.0 Å². The third kappa shape index (κ3) is 23.8. The molecule has 0 aliphatic rings.